The zero-order valence-corrected chi connectivity index (χ0v) is 9.07. The van der Waals surface area contributed by atoms with Gasteiger partial charge in [0, 0.05) is 10.9 Å². The lowest BCUT2D eigenvalue weighted by atomic mass is 10.1. The fourth-order valence-corrected chi connectivity index (χ4v) is 1.70. The molecule has 0 unspecified atom stereocenters. The molecule has 78 valence electrons. The van der Waals surface area contributed by atoms with Gasteiger partial charge in [0.25, 0.3) is 0 Å². The second-order valence-electron chi connectivity index (χ2n) is 3.30. The summed E-state index contributed by atoms with van der Waals surface area (Å²) < 4.78 is 10.4. The second-order valence-corrected chi connectivity index (χ2v) is 3.30. The highest BCUT2D eigenvalue weighted by Gasteiger charge is 2.10. The van der Waals surface area contributed by atoms with Crippen molar-refractivity contribution in [2.45, 2.75) is 6.92 Å². The molecular weight excluding hydrogens is 190 g/mol. The molecule has 0 saturated carbocycles. The lowest BCUT2D eigenvalue weighted by Gasteiger charge is -2.10. The number of benzene rings is 1. The Kier molecular flexibility index (Phi) is 2.46. The van der Waals surface area contributed by atoms with Crippen molar-refractivity contribution in [3.05, 3.63) is 29.8 Å². The zero-order chi connectivity index (χ0) is 10.8. The first kappa shape index (κ1) is 9.77. The van der Waals surface area contributed by atoms with Gasteiger partial charge in [0.05, 0.1) is 14.2 Å². The van der Waals surface area contributed by atoms with E-state index in [2.05, 4.69) is 4.98 Å². The van der Waals surface area contributed by atoms with E-state index in [1.165, 1.54) is 0 Å². The predicted molar refractivity (Wildman–Crippen MR) is 59.6 cm³/mol. The minimum absolute atomic E-state index is 0.605. The van der Waals surface area contributed by atoms with Crippen LogP contribution >= 0.6 is 0 Å². The highest BCUT2D eigenvalue weighted by atomic mass is 16.5. The zero-order valence-electron chi connectivity index (χ0n) is 9.07. The summed E-state index contributed by atoms with van der Waals surface area (Å²) >= 11 is 0. The summed E-state index contributed by atoms with van der Waals surface area (Å²) in [5.41, 5.74) is 1.04. The molecule has 0 radical (unpaired) electrons. The number of methoxy groups -OCH3 is 2. The topological polar surface area (TPSA) is 31.4 Å². The van der Waals surface area contributed by atoms with E-state index >= 15 is 0 Å². The molecule has 0 atom stereocenters. The van der Waals surface area contributed by atoms with E-state index in [-0.39, 0.29) is 0 Å². The Balaban J connectivity index is 2.84. The molecule has 0 aliphatic rings. The van der Waals surface area contributed by atoms with Gasteiger partial charge in [0.1, 0.15) is 0 Å². The fraction of sp³-hybridized carbons (Fsp3) is 0.250. The molecule has 3 nitrogen and oxygen atoms in total. The standard InChI is InChI=1S/C12H13NO2/c1-8-9-6-4-5-7-10(9)12(15-3)13-11(8)14-2/h4-7H,1-3H3. The molecule has 0 saturated heterocycles. The minimum atomic E-state index is 0.605. The van der Waals surface area contributed by atoms with E-state index in [9.17, 15) is 0 Å². The molecule has 15 heavy (non-hydrogen) atoms. The number of rotatable bonds is 2. The van der Waals surface area contributed by atoms with Gasteiger partial charge in [0.2, 0.25) is 11.8 Å². The monoisotopic (exact) mass is 203 g/mol. The number of nitrogens with zero attached hydrogens (tertiary/aromatic N) is 1. The molecule has 2 rings (SSSR count). The van der Waals surface area contributed by atoms with Crippen LogP contribution in [0.25, 0.3) is 10.8 Å². The lowest BCUT2D eigenvalue weighted by Crippen LogP contribution is -1.96. The quantitative estimate of drug-likeness (QED) is 0.751. The average molecular weight is 203 g/mol. The normalized spacial score (nSPS) is 10.3. The Morgan fingerprint density at radius 2 is 1.53 bits per heavy atom. The van der Waals surface area contributed by atoms with Crippen molar-refractivity contribution < 1.29 is 9.47 Å². The molecule has 1 heterocycles. The predicted octanol–water partition coefficient (Wildman–Crippen LogP) is 2.56. The number of pyridine rings is 1. The van der Waals surface area contributed by atoms with Crippen LogP contribution in [0.3, 0.4) is 0 Å². The Bertz CT molecular complexity index is 494. The summed E-state index contributed by atoms with van der Waals surface area (Å²) in [6.07, 6.45) is 0. The summed E-state index contributed by atoms with van der Waals surface area (Å²) in [5.74, 6) is 1.22. The van der Waals surface area contributed by atoms with E-state index in [4.69, 9.17) is 9.47 Å². The van der Waals surface area contributed by atoms with E-state index in [1.54, 1.807) is 14.2 Å². The molecule has 0 fully saturated rings. The Hall–Kier alpha value is -1.77. The molecule has 1 aromatic carbocycles. The second kappa shape index (κ2) is 3.77. The van der Waals surface area contributed by atoms with Gasteiger partial charge >= 0.3 is 0 Å². The van der Waals surface area contributed by atoms with Crippen molar-refractivity contribution >= 4 is 10.8 Å². The molecule has 0 spiro atoms. The van der Waals surface area contributed by atoms with E-state index in [0.29, 0.717) is 11.8 Å². The van der Waals surface area contributed by atoms with Crippen LogP contribution in [-0.4, -0.2) is 19.2 Å². The SMILES string of the molecule is COc1nc(OC)c2ccccc2c1C. The minimum Gasteiger partial charge on any atom is -0.481 e. The molecule has 0 N–H and O–H groups in total. The Morgan fingerprint density at radius 1 is 0.933 bits per heavy atom. The van der Waals surface area contributed by atoms with E-state index in [0.717, 1.165) is 16.3 Å². The van der Waals surface area contributed by atoms with Gasteiger partial charge in [-0.2, -0.15) is 4.98 Å². The summed E-state index contributed by atoms with van der Waals surface area (Å²) in [6.45, 7) is 1.99. The van der Waals surface area contributed by atoms with Gasteiger partial charge < -0.3 is 9.47 Å². The maximum Gasteiger partial charge on any atom is 0.224 e. The summed E-state index contributed by atoms with van der Waals surface area (Å²) in [5, 5.41) is 2.12. The number of aromatic nitrogens is 1. The molecule has 0 bridgehead atoms. The Labute approximate surface area is 88.7 Å². The van der Waals surface area contributed by atoms with Crippen LogP contribution in [0.5, 0.6) is 11.8 Å². The lowest BCUT2D eigenvalue weighted by molar-refractivity contribution is 0.366. The molecule has 1 aromatic heterocycles. The van der Waals surface area contributed by atoms with Crippen molar-refractivity contribution in [3.8, 4) is 11.8 Å². The first-order chi connectivity index (χ1) is 7.27. The van der Waals surface area contributed by atoms with Crippen LogP contribution in [0.4, 0.5) is 0 Å². The van der Waals surface area contributed by atoms with Crippen LogP contribution in [0, 0.1) is 6.92 Å². The van der Waals surface area contributed by atoms with Gasteiger partial charge in [-0.1, -0.05) is 18.2 Å². The van der Waals surface area contributed by atoms with Crippen molar-refractivity contribution in [1.29, 1.82) is 0 Å². The van der Waals surface area contributed by atoms with Crippen LogP contribution in [0.15, 0.2) is 24.3 Å². The maximum atomic E-state index is 5.23. The van der Waals surface area contributed by atoms with Gasteiger partial charge in [0.15, 0.2) is 0 Å². The highest BCUT2D eigenvalue weighted by Crippen LogP contribution is 2.31. The molecule has 3 heteroatoms. The number of ether oxygens (including phenoxy) is 2. The molecular formula is C12H13NO2. The summed E-state index contributed by atoms with van der Waals surface area (Å²) in [6, 6.07) is 8.00. The first-order valence-electron chi connectivity index (χ1n) is 4.75. The van der Waals surface area contributed by atoms with Crippen LogP contribution in [0.2, 0.25) is 0 Å². The first-order valence-corrected chi connectivity index (χ1v) is 4.75. The van der Waals surface area contributed by atoms with Crippen molar-refractivity contribution in [1.82, 2.24) is 4.98 Å². The van der Waals surface area contributed by atoms with E-state index < -0.39 is 0 Å². The van der Waals surface area contributed by atoms with Crippen LogP contribution in [-0.2, 0) is 0 Å². The smallest absolute Gasteiger partial charge is 0.224 e. The number of hydrogen-bond acceptors (Lipinski definition) is 3. The van der Waals surface area contributed by atoms with Gasteiger partial charge in [-0.05, 0) is 18.4 Å². The van der Waals surface area contributed by atoms with E-state index in [1.807, 2.05) is 31.2 Å². The fourth-order valence-electron chi connectivity index (χ4n) is 1.70. The third kappa shape index (κ3) is 1.50. The average Bonchev–Trinajstić information content (AvgIpc) is 2.30. The molecule has 0 amide bonds. The Morgan fingerprint density at radius 3 is 2.13 bits per heavy atom. The molecule has 0 aliphatic heterocycles. The largest absolute Gasteiger partial charge is 0.481 e. The van der Waals surface area contributed by atoms with Crippen LogP contribution in [0.1, 0.15) is 5.56 Å². The van der Waals surface area contributed by atoms with Gasteiger partial charge in [-0.15, -0.1) is 0 Å². The van der Waals surface area contributed by atoms with Gasteiger partial charge in [-0.25, -0.2) is 0 Å². The van der Waals surface area contributed by atoms with Crippen LogP contribution < -0.4 is 9.47 Å². The third-order valence-electron chi connectivity index (χ3n) is 2.47. The number of aryl methyl sites for hydroxylation is 1. The van der Waals surface area contributed by atoms with Crippen molar-refractivity contribution in [3.63, 3.8) is 0 Å². The summed E-state index contributed by atoms with van der Waals surface area (Å²) in [7, 11) is 3.23. The molecule has 2 aromatic rings. The third-order valence-corrected chi connectivity index (χ3v) is 2.47. The van der Waals surface area contributed by atoms with Gasteiger partial charge in [-0.3, -0.25) is 0 Å². The molecule has 0 aliphatic carbocycles. The van der Waals surface area contributed by atoms with Crippen molar-refractivity contribution in [2.75, 3.05) is 14.2 Å². The number of hydrogen-bond donors (Lipinski definition) is 0. The highest BCUT2D eigenvalue weighted by molar-refractivity contribution is 5.90. The maximum absolute atomic E-state index is 5.23. The van der Waals surface area contributed by atoms with Crippen molar-refractivity contribution in [2.24, 2.45) is 0 Å². The summed E-state index contributed by atoms with van der Waals surface area (Å²) in [4.78, 5) is 4.29. The number of fused-ring (bicyclic) bond motifs is 1.